The highest BCUT2D eigenvalue weighted by molar-refractivity contribution is 6.78. The summed E-state index contributed by atoms with van der Waals surface area (Å²) in [7, 11) is -4.29. The molecule has 6 heteroatoms. The SMILES string of the molecule is C=CCO[Si](C)(C)O[Si](C)(C)OCCC(C)OC=C. The lowest BCUT2D eigenvalue weighted by Gasteiger charge is -2.32. The minimum absolute atomic E-state index is 0.115. The maximum Gasteiger partial charge on any atom is 0.323 e. The summed E-state index contributed by atoms with van der Waals surface area (Å²) in [5, 5.41) is 0. The van der Waals surface area contributed by atoms with Gasteiger partial charge in [-0.15, -0.1) is 6.58 Å². The van der Waals surface area contributed by atoms with Crippen molar-refractivity contribution in [2.75, 3.05) is 13.2 Å². The Morgan fingerprint density at radius 3 is 2.16 bits per heavy atom. The number of hydrogen-bond acceptors (Lipinski definition) is 4. The summed E-state index contributed by atoms with van der Waals surface area (Å²) >= 11 is 0. The van der Waals surface area contributed by atoms with Gasteiger partial charge < -0.3 is 17.7 Å². The van der Waals surface area contributed by atoms with E-state index in [0.29, 0.717) is 13.2 Å². The van der Waals surface area contributed by atoms with Crippen molar-refractivity contribution in [3.8, 4) is 0 Å². The summed E-state index contributed by atoms with van der Waals surface area (Å²) in [6, 6.07) is 0. The molecule has 0 saturated carbocycles. The van der Waals surface area contributed by atoms with Gasteiger partial charge in [0.25, 0.3) is 0 Å². The van der Waals surface area contributed by atoms with Crippen LogP contribution in [0.5, 0.6) is 0 Å². The third kappa shape index (κ3) is 10.1. The van der Waals surface area contributed by atoms with Crippen molar-refractivity contribution in [1.82, 2.24) is 0 Å². The second kappa shape index (κ2) is 8.70. The first-order valence-corrected chi connectivity index (χ1v) is 12.2. The zero-order valence-corrected chi connectivity index (χ0v) is 14.9. The summed E-state index contributed by atoms with van der Waals surface area (Å²) in [5.41, 5.74) is 0. The van der Waals surface area contributed by atoms with Gasteiger partial charge in [0.15, 0.2) is 0 Å². The van der Waals surface area contributed by atoms with E-state index in [0.717, 1.165) is 6.42 Å². The number of ether oxygens (including phenoxy) is 1. The summed E-state index contributed by atoms with van der Waals surface area (Å²) in [5.74, 6) is 0. The predicted molar refractivity (Wildman–Crippen MR) is 83.5 cm³/mol. The minimum Gasteiger partial charge on any atom is -0.499 e. The molecular formula is C13H28O4Si2. The van der Waals surface area contributed by atoms with Crippen LogP contribution in [-0.2, 0) is 17.7 Å². The van der Waals surface area contributed by atoms with Crippen molar-refractivity contribution < 1.29 is 17.7 Å². The lowest BCUT2D eigenvalue weighted by molar-refractivity contribution is 0.121. The lowest BCUT2D eigenvalue weighted by atomic mass is 10.3. The smallest absolute Gasteiger partial charge is 0.323 e. The van der Waals surface area contributed by atoms with Crippen molar-refractivity contribution in [2.45, 2.75) is 45.6 Å². The van der Waals surface area contributed by atoms with Crippen LogP contribution in [0.3, 0.4) is 0 Å². The maximum absolute atomic E-state index is 6.09. The van der Waals surface area contributed by atoms with Crippen LogP contribution in [0.1, 0.15) is 13.3 Å². The van der Waals surface area contributed by atoms with Crippen LogP contribution in [0.15, 0.2) is 25.5 Å². The third-order valence-corrected chi connectivity index (χ3v) is 8.04. The van der Waals surface area contributed by atoms with Crippen LogP contribution in [0.2, 0.25) is 26.2 Å². The van der Waals surface area contributed by atoms with Gasteiger partial charge in [-0.25, -0.2) is 0 Å². The Bertz CT molecular complexity index is 280. The fourth-order valence-electron chi connectivity index (χ4n) is 1.61. The number of rotatable bonds is 11. The predicted octanol–water partition coefficient (Wildman–Crippen LogP) is 3.56. The van der Waals surface area contributed by atoms with Crippen molar-refractivity contribution in [2.24, 2.45) is 0 Å². The number of hydrogen-bond donors (Lipinski definition) is 0. The van der Waals surface area contributed by atoms with Gasteiger partial charge in [-0.1, -0.05) is 12.7 Å². The molecule has 1 unspecified atom stereocenters. The molecule has 0 aliphatic rings. The molecule has 0 amide bonds. The molecule has 0 spiro atoms. The highest BCUT2D eigenvalue weighted by atomic mass is 28.5. The Morgan fingerprint density at radius 1 is 1.05 bits per heavy atom. The van der Waals surface area contributed by atoms with Gasteiger partial charge in [-0.05, 0) is 33.1 Å². The van der Waals surface area contributed by atoms with Gasteiger partial charge in [0, 0.05) is 13.0 Å². The molecule has 0 radical (unpaired) electrons. The fraction of sp³-hybridized carbons (Fsp3) is 0.692. The molecule has 0 heterocycles. The highest BCUT2D eigenvalue weighted by Crippen LogP contribution is 2.17. The maximum atomic E-state index is 6.09. The lowest BCUT2D eigenvalue weighted by Crippen LogP contribution is -2.48. The first-order valence-electron chi connectivity index (χ1n) is 6.58. The topological polar surface area (TPSA) is 36.9 Å². The molecule has 0 bridgehead atoms. The van der Waals surface area contributed by atoms with Gasteiger partial charge in [-0.3, -0.25) is 0 Å². The second-order valence-corrected chi connectivity index (χ2v) is 12.2. The normalized spacial score (nSPS) is 13.9. The van der Waals surface area contributed by atoms with E-state index >= 15 is 0 Å². The Balaban J connectivity index is 4.09. The van der Waals surface area contributed by atoms with Gasteiger partial charge in [0.05, 0.1) is 19.0 Å². The van der Waals surface area contributed by atoms with Crippen LogP contribution in [0.4, 0.5) is 0 Å². The Morgan fingerprint density at radius 2 is 1.63 bits per heavy atom. The summed E-state index contributed by atoms with van der Waals surface area (Å²) in [6.45, 7) is 18.5. The van der Waals surface area contributed by atoms with Crippen LogP contribution in [0, 0.1) is 0 Å². The molecule has 0 aliphatic carbocycles. The Labute approximate surface area is 119 Å². The molecule has 0 rings (SSSR count). The molecule has 0 aromatic rings. The first kappa shape index (κ1) is 18.6. The molecule has 0 aromatic carbocycles. The molecule has 1 atom stereocenters. The second-order valence-electron chi connectivity index (χ2n) is 5.25. The minimum atomic E-state index is -2.16. The summed E-state index contributed by atoms with van der Waals surface area (Å²) < 4.78 is 22.9. The summed E-state index contributed by atoms with van der Waals surface area (Å²) in [4.78, 5) is 0. The first-order chi connectivity index (χ1) is 8.72. The van der Waals surface area contributed by atoms with Crippen molar-refractivity contribution in [1.29, 1.82) is 0 Å². The van der Waals surface area contributed by atoms with Gasteiger partial charge in [0.2, 0.25) is 0 Å². The molecule has 112 valence electrons. The molecule has 4 nitrogen and oxygen atoms in total. The molecule has 0 aliphatic heterocycles. The van der Waals surface area contributed by atoms with E-state index in [1.54, 1.807) is 6.08 Å². The van der Waals surface area contributed by atoms with E-state index in [9.17, 15) is 0 Å². The van der Waals surface area contributed by atoms with E-state index in [-0.39, 0.29) is 6.10 Å². The van der Waals surface area contributed by atoms with Crippen LogP contribution < -0.4 is 0 Å². The van der Waals surface area contributed by atoms with Gasteiger partial charge in [-0.2, -0.15) is 0 Å². The van der Waals surface area contributed by atoms with E-state index in [2.05, 4.69) is 13.2 Å². The van der Waals surface area contributed by atoms with Crippen molar-refractivity contribution in [3.05, 3.63) is 25.5 Å². The van der Waals surface area contributed by atoms with Gasteiger partial charge in [0.1, 0.15) is 0 Å². The van der Waals surface area contributed by atoms with Crippen LogP contribution >= 0.6 is 0 Å². The third-order valence-electron chi connectivity index (χ3n) is 2.34. The molecule has 0 fully saturated rings. The average Bonchev–Trinajstić information content (AvgIpc) is 2.25. The van der Waals surface area contributed by atoms with Crippen molar-refractivity contribution in [3.63, 3.8) is 0 Å². The fourth-order valence-corrected chi connectivity index (χ4v) is 7.95. The largest absolute Gasteiger partial charge is 0.499 e. The summed E-state index contributed by atoms with van der Waals surface area (Å²) in [6.07, 6.45) is 4.14. The Hall–Kier alpha value is -0.406. The van der Waals surface area contributed by atoms with E-state index < -0.39 is 17.1 Å². The zero-order chi connectivity index (χ0) is 14.9. The molecule has 19 heavy (non-hydrogen) atoms. The van der Waals surface area contributed by atoms with E-state index in [1.807, 2.05) is 33.1 Å². The molecule has 0 N–H and O–H groups in total. The molecule has 0 aromatic heterocycles. The Kier molecular flexibility index (Phi) is 8.52. The molecular weight excluding hydrogens is 276 g/mol. The van der Waals surface area contributed by atoms with E-state index in [1.165, 1.54) is 6.26 Å². The monoisotopic (exact) mass is 304 g/mol. The van der Waals surface area contributed by atoms with Crippen LogP contribution in [0.25, 0.3) is 0 Å². The van der Waals surface area contributed by atoms with Gasteiger partial charge >= 0.3 is 17.1 Å². The van der Waals surface area contributed by atoms with E-state index in [4.69, 9.17) is 17.7 Å². The zero-order valence-electron chi connectivity index (χ0n) is 12.9. The van der Waals surface area contributed by atoms with Crippen LogP contribution in [-0.4, -0.2) is 36.4 Å². The average molecular weight is 305 g/mol. The molecule has 0 saturated heterocycles. The highest BCUT2D eigenvalue weighted by Gasteiger charge is 2.36. The quantitative estimate of drug-likeness (QED) is 0.332. The van der Waals surface area contributed by atoms with Crippen molar-refractivity contribution >= 4 is 17.1 Å². The standard InChI is InChI=1S/C13H28O4Si2/c1-8-11-15-18(4,5)17-19(6,7)16-12-10-13(3)14-9-2/h8-9,13H,1-2,10-12H2,3-7H3.